The van der Waals surface area contributed by atoms with Crippen molar-refractivity contribution in [2.24, 2.45) is 11.8 Å². The molecule has 1 heterocycles. The van der Waals surface area contributed by atoms with Crippen LogP contribution in [-0.2, 0) is 19.1 Å². The summed E-state index contributed by atoms with van der Waals surface area (Å²) in [5.41, 5.74) is 3.42. The number of likely N-dealkylation sites (tertiary alicyclic amines) is 1. The van der Waals surface area contributed by atoms with Gasteiger partial charge in [-0.25, -0.2) is 0 Å². The summed E-state index contributed by atoms with van der Waals surface area (Å²) >= 11 is 0. The molecule has 150 valence electrons. The third kappa shape index (κ3) is 3.73. The average Bonchev–Trinajstić information content (AvgIpc) is 2.89. The molecule has 1 aliphatic heterocycles. The highest BCUT2D eigenvalue weighted by molar-refractivity contribution is 6.07. The second-order valence-electron chi connectivity index (χ2n) is 8.01. The second-order valence-corrected chi connectivity index (χ2v) is 8.01. The first-order chi connectivity index (χ1) is 13.2. The Kier molecular flexibility index (Phi) is 5.68. The Hall–Kier alpha value is -2.50. The minimum Gasteiger partial charge on any atom is -0.453 e. The number of Topliss-reactive ketones (excluding diaryl/α,β-unsaturated/α-hetero) is 1. The maximum atomic E-state index is 12.7. The fraction of sp³-hybridized carbons (Fsp3) is 0.545. The third-order valence-electron chi connectivity index (χ3n) is 6.00. The van der Waals surface area contributed by atoms with Crippen LogP contribution in [0.4, 0.5) is 0 Å². The SMILES string of the molecule is Cc1cc(C)c(C(=O)C(C)OC(=O)CN2C(=O)C3CCCCC3C2=O)cc1C. The van der Waals surface area contributed by atoms with Gasteiger partial charge in [-0.05, 0) is 63.3 Å². The molecule has 0 aromatic heterocycles. The number of carbonyl (C=O) groups is 4. The molecule has 2 fully saturated rings. The lowest BCUT2D eigenvalue weighted by Crippen LogP contribution is -2.38. The van der Waals surface area contributed by atoms with Crippen LogP contribution >= 0.6 is 0 Å². The number of ketones is 1. The van der Waals surface area contributed by atoms with Crippen LogP contribution in [0.2, 0.25) is 0 Å². The summed E-state index contributed by atoms with van der Waals surface area (Å²) < 4.78 is 5.27. The van der Waals surface area contributed by atoms with Crippen LogP contribution in [0.3, 0.4) is 0 Å². The molecule has 1 aromatic rings. The molecule has 1 saturated heterocycles. The van der Waals surface area contributed by atoms with E-state index in [2.05, 4.69) is 0 Å². The molecule has 0 spiro atoms. The Balaban J connectivity index is 1.65. The molecule has 2 aliphatic rings. The van der Waals surface area contributed by atoms with Crippen molar-refractivity contribution in [2.45, 2.75) is 59.5 Å². The van der Waals surface area contributed by atoms with Gasteiger partial charge in [-0.3, -0.25) is 24.1 Å². The number of hydrogen-bond acceptors (Lipinski definition) is 5. The number of aryl methyl sites for hydroxylation is 3. The normalized spacial score (nSPS) is 22.8. The lowest BCUT2D eigenvalue weighted by atomic mass is 9.81. The van der Waals surface area contributed by atoms with Crippen LogP contribution in [0, 0.1) is 32.6 Å². The molecule has 3 rings (SSSR count). The van der Waals surface area contributed by atoms with E-state index in [0.717, 1.165) is 34.4 Å². The number of nitrogens with zero attached hydrogens (tertiary/aromatic N) is 1. The summed E-state index contributed by atoms with van der Waals surface area (Å²) in [7, 11) is 0. The zero-order valence-electron chi connectivity index (χ0n) is 16.9. The zero-order valence-corrected chi connectivity index (χ0v) is 16.9. The fourth-order valence-corrected chi connectivity index (χ4v) is 4.25. The van der Waals surface area contributed by atoms with Crippen LogP contribution < -0.4 is 0 Å². The van der Waals surface area contributed by atoms with Gasteiger partial charge in [0.15, 0.2) is 6.10 Å². The quantitative estimate of drug-likeness (QED) is 0.442. The number of hydrogen-bond donors (Lipinski definition) is 0. The predicted molar refractivity (Wildman–Crippen MR) is 103 cm³/mol. The highest BCUT2D eigenvalue weighted by Crippen LogP contribution is 2.37. The fourth-order valence-electron chi connectivity index (χ4n) is 4.25. The van der Waals surface area contributed by atoms with Crippen LogP contribution in [0.1, 0.15) is 59.7 Å². The number of imide groups is 1. The molecule has 6 nitrogen and oxygen atoms in total. The van der Waals surface area contributed by atoms with Crippen molar-refractivity contribution < 1.29 is 23.9 Å². The molecule has 3 atom stereocenters. The largest absolute Gasteiger partial charge is 0.453 e. The zero-order chi connectivity index (χ0) is 20.6. The molecule has 2 amide bonds. The van der Waals surface area contributed by atoms with E-state index >= 15 is 0 Å². The molecule has 0 radical (unpaired) electrons. The summed E-state index contributed by atoms with van der Waals surface area (Å²) in [6.07, 6.45) is 2.27. The number of benzene rings is 1. The minimum absolute atomic E-state index is 0.282. The van der Waals surface area contributed by atoms with E-state index in [9.17, 15) is 19.2 Å². The van der Waals surface area contributed by atoms with Crippen molar-refractivity contribution in [1.29, 1.82) is 0 Å². The molecule has 1 saturated carbocycles. The van der Waals surface area contributed by atoms with Gasteiger partial charge in [-0.2, -0.15) is 0 Å². The van der Waals surface area contributed by atoms with Crippen LogP contribution in [0.5, 0.6) is 0 Å². The lowest BCUT2D eigenvalue weighted by molar-refractivity contribution is -0.154. The van der Waals surface area contributed by atoms with Gasteiger partial charge in [0.2, 0.25) is 17.6 Å². The Morgan fingerprint density at radius 2 is 1.54 bits per heavy atom. The number of esters is 1. The smallest absolute Gasteiger partial charge is 0.326 e. The predicted octanol–water partition coefficient (Wildman–Crippen LogP) is 2.90. The molecule has 1 aromatic carbocycles. The number of carbonyl (C=O) groups excluding carboxylic acids is 4. The first-order valence-electron chi connectivity index (χ1n) is 9.87. The summed E-state index contributed by atoms with van der Waals surface area (Å²) in [5, 5.41) is 0. The van der Waals surface area contributed by atoms with Crippen molar-refractivity contribution >= 4 is 23.6 Å². The van der Waals surface area contributed by atoms with Gasteiger partial charge in [-0.1, -0.05) is 18.9 Å². The lowest BCUT2D eigenvalue weighted by Gasteiger charge is -2.19. The number of rotatable bonds is 5. The van der Waals surface area contributed by atoms with Gasteiger partial charge in [0.05, 0.1) is 11.8 Å². The van der Waals surface area contributed by atoms with Gasteiger partial charge >= 0.3 is 5.97 Å². The van der Waals surface area contributed by atoms with Gasteiger partial charge < -0.3 is 4.74 Å². The van der Waals surface area contributed by atoms with Gasteiger partial charge in [0.25, 0.3) is 0 Å². The molecule has 0 bridgehead atoms. The van der Waals surface area contributed by atoms with Crippen LogP contribution in [0.25, 0.3) is 0 Å². The van der Waals surface area contributed by atoms with E-state index in [1.165, 1.54) is 6.92 Å². The van der Waals surface area contributed by atoms with Crippen molar-refractivity contribution in [2.75, 3.05) is 6.54 Å². The van der Waals surface area contributed by atoms with Gasteiger partial charge in [-0.15, -0.1) is 0 Å². The summed E-state index contributed by atoms with van der Waals surface area (Å²) in [5.74, 6) is -2.19. The number of amides is 2. The van der Waals surface area contributed by atoms with Crippen molar-refractivity contribution in [3.8, 4) is 0 Å². The molecule has 6 heteroatoms. The average molecular weight is 385 g/mol. The molecule has 3 unspecified atom stereocenters. The van der Waals surface area contributed by atoms with Crippen LogP contribution in [-0.4, -0.2) is 41.1 Å². The van der Waals surface area contributed by atoms with E-state index in [0.29, 0.717) is 18.4 Å². The maximum Gasteiger partial charge on any atom is 0.326 e. The van der Waals surface area contributed by atoms with Gasteiger partial charge in [0, 0.05) is 5.56 Å². The Labute approximate surface area is 165 Å². The maximum absolute atomic E-state index is 12.7. The highest BCUT2D eigenvalue weighted by atomic mass is 16.5. The molecular formula is C22H27NO5. The molecule has 1 aliphatic carbocycles. The first-order valence-corrected chi connectivity index (χ1v) is 9.87. The monoisotopic (exact) mass is 385 g/mol. The minimum atomic E-state index is -0.983. The topological polar surface area (TPSA) is 80.8 Å². The number of ether oxygens (including phenoxy) is 1. The van der Waals surface area contributed by atoms with Crippen molar-refractivity contribution in [1.82, 2.24) is 4.90 Å². The Bertz CT molecular complexity index is 820. The second kappa shape index (κ2) is 7.86. The Morgan fingerprint density at radius 1 is 1.00 bits per heavy atom. The first kappa shape index (κ1) is 20.2. The third-order valence-corrected chi connectivity index (χ3v) is 6.00. The summed E-state index contributed by atoms with van der Waals surface area (Å²) in [6.45, 7) is 6.84. The molecular weight excluding hydrogens is 358 g/mol. The number of fused-ring (bicyclic) bond motifs is 1. The summed E-state index contributed by atoms with van der Waals surface area (Å²) in [4.78, 5) is 51.0. The summed E-state index contributed by atoms with van der Waals surface area (Å²) in [6, 6.07) is 3.73. The van der Waals surface area contributed by atoms with Crippen LogP contribution in [0.15, 0.2) is 12.1 Å². The van der Waals surface area contributed by atoms with Crippen molar-refractivity contribution in [3.63, 3.8) is 0 Å². The van der Waals surface area contributed by atoms with E-state index in [-0.39, 0.29) is 29.4 Å². The van der Waals surface area contributed by atoms with E-state index < -0.39 is 18.6 Å². The van der Waals surface area contributed by atoms with E-state index in [1.54, 1.807) is 6.07 Å². The van der Waals surface area contributed by atoms with E-state index in [1.807, 2.05) is 26.8 Å². The highest BCUT2D eigenvalue weighted by Gasteiger charge is 2.48. The van der Waals surface area contributed by atoms with E-state index in [4.69, 9.17) is 4.74 Å². The standard InChI is InChI=1S/C22H27NO5/c1-12-9-14(3)18(10-13(12)2)20(25)15(4)28-19(24)11-23-21(26)16-7-5-6-8-17(16)22(23)27/h9-10,15-17H,5-8,11H2,1-4H3. The van der Waals surface area contributed by atoms with Gasteiger partial charge in [0.1, 0.15) is 6.54 Å². The molecule has 28 heavy (non-hydrogen) atoms. The Morgan fingerprint density at radius 3 is 2.11 bits per heavy atom. The molecule has 0 N–H and O–H groups in total. The van der Waals surface area contributed by atoms with Crippen molar-refractivity contribution in [3.05, 3.63) is 34.4 Å².